The third-order valence-corrected chi connectivity index (χ3v) is 3.88. The summed E-state index contributed by atoms with van der Waals surface area (Å²) in [6.07, 6.45) is 5.05. The Kier molecular flexibility index (Phi) is 5.72. The van der Waals surface area contributed by atoms with Gasteiger partial charge in [-0.2, -0.15) is 0 Å². The van der Waals surface area contributed by atoms with Crippen LogP contribution in [0.2, 0.25) is 0 Å². The van der Waals surface area contributed by atoms with Crippen LogP contribution in [0.1, 0.15) is 18.4 Å². The van der Waals surface area contributed by atoms with Crippen LogP contribution < -0.4 is 5.32 Å². The minimum atomic E-state index is -0.454. The van der Waals surface area contributed by atoms with Crippen molar-refractivity contribution in [3.63, 3.8) is 0 Å². The van der Waals surface area contributed by atoms with Gasteiger partial charge in [-0.1, -0.05) is 42.5 Å². The van der Waals surface area contributed by atoms with E-state index in [1.165, 1.54) is 14.2 Å². The molecule has 0 saturated carbocycles. The highest BCUT2D eigenvalue weighted by atomic mass is 16.5. The van der Waals surface area contributed by atoms with Gasteiger partial charge in [-0.25, -0.2) is 0 Å². The second-order valence-corrected chi connectivity index (χ2v) is 5.26. The molecule has 1 aliphatic rings. The third kappa shape index (κ3) is 3.95. The first kappa shape index (κ1) is 16.2. The molecule has 1 fully saturated rings. The standard InChI is InChI=1S/C17H21NO4/c1-21-16(19)13-11-15(17(20)22-2)18-14(13)10-6-9-12-7-4-3-5-8-12/h3-9,13-15,18H,10-11H2,1-2H3/b9-6+/t13-,14+,15+/m0/s1. The predicted molar refractivity (Wildman–Crippen MR) is 82.9 cm³/mol. The van der Waals surface area contributed by atoms with Gasteiger partial charge in [-0.3, -0.25) is 9.59 Å². The van der Waals surface area contributed by atoms with Crippen molar-refractivity contribution in [3.05, 3.63) is 42.0 Å². The molecule has 2 rings (SSSR count). The fraction of sp³-hybridized carbons (Fsp3) is 0.412. The average Bonchev–Trinajstić information content (AvgIpc) is 2.98. The summed E-state index contributed by atoms with van der Waals surface area (Å²) >= 11 is 0. The van der Waals surface area contributed by atoms with E-state index in [0.29, 0.717) is 12.8 Å². The van der Waals surface area contributed by atoms with Crippen molar-refractivity contribution in [2.45, 2.75) is 24.9 Å². The van der Waals surface area contributed by atoms with Gasteiger partial charge in [0, 0.05) is 6.04 Å². The van der Waals surface area contributed by atoms with Crippen LogP contribution in [0.15, 0.2) is 36.4 Å². The molecule has 5 nitrogen and oxygen atoms in total. The number of carbonyl (C=O) groups excluding carboxylic acids is 2. The van der Waals surface area contributed by atoms with E-state index in [2.05, 4.69) is 5.32 Å². The first-order chi connectivity index (χ1) is 10.7. The lowest BCUT2D eigenvalue weighted by Crippen LogP contribution is -2.37. The minimum absolute atomic E-state index is 0.128. The maximum absolute atomic E-state index is 11.9. The number of hydrogen-bond donors (Lipinski definition) is 1. The Labute approximate surface area is 130 Å². The number of esters is 2. The monoisotopic (exact) mass is 303 g/mol. The van der Waals surface area contributed by atoms with E-state index in [4.69, 9.17) is 9.47 Å². The van der Waals surface area contributed by atoms with Gasteiger partial charge in [0.2, 0.25) is 0 Å². The van der Waals surface area contributed by atoms with Crippen LogP contribution in [0.25, 0.3) is 6.08 Å². The summed E-state index contributed by atoms with van der Waals surface area (Å²) in [6.45, 7) is 0. The van der Waals surface area contributed by atoms with Gasteiger partial charge in [-0.15, -0.1) is 0 Å². The molecule has 1 aromatic rings. The minimum Gasteiger partial charge on any atom is -0.469 e. The van der Waals surface area contributed by atoms with Crippen LogP contribution in [0.5, 0.6) is 0 Å². The maximum Gasteiger partial charge on any atom is 0.322 e. The van der Waals surface area contributed by atoms with Crippen LogP contribution in [-0.2, 0) is 19.1 Å². The van der Waals surface area contributed by atoms with Crippen molar-refractivity contribution in [1.82, 2.24) is 5.32 Å². The van der Waals surface area contributed by atoms with E-state index in [1.54, 1.807) is 0 Å². The second kappa shape index (κ2) is 7.75. The molecule has 1 aliphatic heterocycles. The molecule has 0 radical (unpaired) electrons. The van der Waals surface area contributed by atoms with Crippen molar-refractivity contribution in [1.29, 1.82) is 0 Å². The van der Waals surface area contributed by atoms with Crippen LogP contribution in [-0.4, -0.2) is 38.2 Å². The first-order valence-electron chi connectivity index (χ1n) is 7.29. The molecular weight excluding hydrogens is 282 g/mol. The third-order valence-electron chi connectivity index (χ3n) is 3.88. The van der Waals surface area contributed by atoms with Crippen LogP contribution in [0.4, 0.5) is 0 Å². The number of rotatable bonds is 5. The van der Waals surface area contributed by atoms with Crippen molar-refractivity contribution in [2.24, 2.45) is 5.92 Å². The molecule has 0 spiro atoms. The molecule has 22 heavy (non-hydrogen) atoms. The lowest BCUT2D eigenvalue weighted by Gasteiger charge is -2.15. The van der Waals surface area contributed by atoms with Crippen molar-refractivity contribution in [3.8, 4) is 0 Å². The molecule has 0 aliphatic carbocycles. The molecule has 118 valence electrons. The Hall–Kier alpha value is -2.14. The summed E-state index contributed by atoms with van der Waals surface area (Å²) in [5, 5.41) is 3.17. The number of hydrogen-bond acceptors (Lipinski definition) is 5. The zero-order chi connectivity index (χ0) is 15.9. The highest BCUT2D eigenvalue weighted by molar-refractivity contribution is 5.80. The zero-order valence-electron chi connectivity index (χ0n) is 12.8. The largest absolute Gasteiger partial charge is 0.469 e. The Morgan fingerprint density at radius 2 is 1.86 bits per heavy atom. The predicted octanol–water partition coefficient (Wildman–Crippen LogP) is 1.78. The quantitative estimate of drug-likeness (QED) is 0.840. The summed E-state index contributed by atoms with van der Waals surface area (Å²) in [5.41, 5.74) is 1.10. The summed E-state index contributed by atoms with van der Waals surface area (Å²) in [4.78, 5) is 23.5. The van der Waals surface area contributed by atoms with Crippen molar-refractivity contribution >= 4 is 18.0 Å². The lowest BCUT2D eigenvalue weighted by molar-refractivity contribution is -0.145. The molecule has 3 atom stereocenters. The van der Waals surface area contributed by atoms with Crippen LogP contribution >= 0.6 is 0 Å². The van der Waals surface area contributed by atoms with Gasteiger partial charge in [-0.05, 0) is 18.4 Å². The van der Waals surface area contributed by atoms with Crippen molar-refractivity contribution < 1.29 is 19.1 Å². The van der Waals surface area contributed by atoms with Gasteiger partial charge in [0.15, 0.2) is 0 Å². The van der Waals surface area contributed by atoms with Crippen LogP contribution in [0, 0.1) is 5.92 Å². The lowest BCUT2D eigenvalue weighted by atomic mass is 9.96. The summed E-state index contributed by atoms with van der Waals surface area (Å²) < 4.78 is 9.58. The Balaban J connectivity index is 2.01. The second-order valence-electron chi connectivity index (χ2n) is 5.26. The SMILES string of the molecule is COC(=O)[C@H]1C[C@H](C(=O)OC)N[C@@H]1C/C=C/c1ccccc1. The summed E-state index contributed by atoms with van der Waals surface area (Å²) in [6, 6.07) is 9.34. The van der Waals surface area contributed by atoms with E-state index in [0.717, 1.165) is 5.56 Å². The normalized spacial score (nSPS) is 24.4. The molecule has 0 aromatic heterocycles. The highest BCUT2D eigenvalue weighted by Gasteiger charge is 2.41. The Morgan fingerprint density at radius 3 is 2.50 bits per heavy atom. The summed E-state index contributed by atoms with van der Waals surface area (Å²) in [7, 11) is 2.71. The highest BCUT2D eigenvalue weighted by Crippen LogP contribution is 2.25. The maximum atomic E-state index is 11.9. The van der Waals surface area contributed by atoms with E-state index in [-0.39, 0.29) is 23.9 Å². The number of carbonyl (C=O) groups is 2. The molecule has 1 saturated heterocycles. The van der Waals surface area contributed by atoms with E-state index in [9.17, 15) is 9.59 Å². The van der Waals surface area contributed by atoms with E-state index >= 15 is 0 Å². The zero-order valence-corrected chi connectivity index (χ0v) is 12.8. The van der Waals surface area contributed by atoms with Gasteiger partial charge in [0.05, 0.1) is 20.1 Å². The number of ether oxygens (including phenoxy) is 2. The molecule has 1 N–H and O–H groups in total. The smallest absolute Gasteiger partial charge is 0.322 e. The van der Waals surface area contributed by atoms with Gasteiger partial charge in [0.25, 0.3) is 0 Å². The number of nitrogens with one attached hydrogen (secondary N) is 1. The Bertz CT molecular complexity index is 541. The van der Waals surface area contributed by atoms with Crippen molar-refractivity contribution in [2.75, 3.05) is 14.2 Å². The molecule has 0 unspecified atom stereocenters. The van der Waals surface area contributed by atoms with Gasteiger partial charge >= 0.3 is 11.9 Å². The fourth-order valence-corrected chi connectivity index (χ4v) is 2.73. The molecule has 5 heteroatoms. The number of methoxy groups -OCH3 is 2. The fourth-order valence-electron chi connectivity index (χ4n) is 2.73. The average molecular weight is 303 g/mol. The molecule has 1 aromatic carbocycles. The topological polar surface area (TPSA) is 64.6 Å². The molecule has 1 heterocycles. The van der Waals surface area contributed by atoms with E-state index < -0.39 is 6.04 Å². The van der Waals surface area contributed by atoms with E-state index in [1.807, 2.05) is 42.5 Å². The molecule has 0 amide bonds. The van der Waals surface area contributed by atoms with Gasteiger partial charge < -0.3 is 14.8 Å². The van der Waals surface area contributed by atoms with Crippen LogP contribution in [0.3, 0.4) is 0 Å². The Morgan fingerprint density at radius 1 is 1.18 bits per heavy atom. The molecule has 0 bridgehead atoms. The van der Waals surface area contributed by atoms with Gasteiger partial charge in [0.1, 0.15) is 6.04 Å². The number of benzene rings is 1. The first-order valence-corrected chi connectivity index (χ1v) is 7.29. The molecular formula is C17H21NO4. The summed E-state index contributed by atoms with van der Waals surface area (Å²) in [5.74, 6) is -0.977.